The molecular formula is C20H24O4. The molecule has 0 spiro atoms. The van der Waals surface area contributed by atoms with Crippen LogP contribution in [-0.4, -0.2) is 25.5 Å². The van der Waals surface area contributed by atoms with E-state index < -0.39 is 0 Å². The maximum Gasteiger partial charge on any atom is 0.312 e. The van der Waals surface area contributed by atoms with E-state index in [4.69, 9.17) is 9.47 Å². The van der Waals surface area contributed by atoms with Gasteiger partial charge in [-0.2, -0.15) is 0 Å². The topological polar surface area (TPSA) is 52.6 Å². The van der Waals surface area contributed by atoms with Crippen LogP contribution < -0.4 is 4.74 Å². The maximum atomic E-state index is 12.7. The Morgan fingerprint density at radius 1 is 1.00 bits per heavy atom. The minimum atomic E-state index is -0.297. The summed E-state index contributed by atoms with van der Waals surface area (Å²) in [7, 11) is 1.59. The lowest BCUT2D eigenvalue weighted by atomic mass is 9.49. The van der Waals surface area contributed by atoms with Crippen molar-refractivity contribution in [3.63, 3.8) is 0 Å². The van der Waals surface area contributed by atoms with Crippen molar-refractivity contribution < 1.29 is 19.1 Å². The first-order valence-corrected chi connectivity index (χ1v) is 8.92. The fraction of sp³-hybridized carbons (Fsp3) is 0.600. The lowest BCUT2D eigenvalue weighted by Gasteiger charge is -2.55. The normalized spacial score (nSPS) is 33.3. The van der Waals surface area contributed by atoms with Crippen molar-refractivity contribution in [2.24, 2.45) is 23.2 Å². The van der Waals surface area contributed by atoms with Gasteiger partial charge in [0.15, 0.2) is 12.4 Å². The van der Waals surface area contributed by atoms with E-state index in [1.165, 1.54) is 19.3 Å². The smallest absolute Gasteiger partial charge is 0.312 e. The van der Waals surface area contributed by atoms with Gasteiger partial charge in [0.2, 0.25) is 0 Å². The summed E-state index contributed by atoms with van der Waals surface area (Å²) in [5.41, 5.74) is 0.253. The van der Waals surface area contributed by atoms with Crippen LogP contribution in [0.1, 0.15) is 48.9 Å². The zero-order valence-electron chi connectivity index (χ0n) is 14.1. The first-order chi connectivity index (χ1) is 11.6. The van der Waals surface area contributed by atoms with Gasteiger partial charge in [-0.3, -0.25) is 9.59 Å². The van der Waals surface area contributed by atoms with Crippen LogP contribution in [0.3, 0.4) is 0 Å². The molecule has 0 amide bonds. The largest absolute Gasteiger partial charge is 0.497 e. The second-order valence-electron chi connectivity index (χ2n) is 7.93. The number of methoxy groups -OCH3 is 1. The lowest BCUT2D eigenvalue weighted by Crippen LogP contribution is -2.50. The van der Waals surface area contributed by atoms with Crippen LogP contribution in [0.4, 0.5) is 0 Å². The van der Waals surface area contributed by atoms with Crippen molar-refractivity contribution in [1.82, 2.24) is 0 Å². The highest BCUT2D eigenvalue weighted by molar-refractivity contribution is 5.98. The Morgan fingerprint density at radius 2 is 1.54 bits per heavy atom. The van der Waals surface area contributed by atoms with Crippen molar-refractivity contribution in [2.45, 2.75) is 38.5 Å². The van der Waals surface area contributed by atoms with E-state index >= 15 is 0 Å². The van der Waals surface area contributed by atoms with Crippen LogP contribution in [-0.2, 0) is 9.53 Å². The predicted molar refractivity (Wildman–Crippen MR) is 88.9 cm³/mol. The van der Waals surface area contributed by atoms with E-state index in [9.17, 15) is 9.59 Å². The molecule has 24 heavy (non-hydrogen) atoms. The van der Waals surface area contributed by atoms with Crippen LogP contribution in [0.2, 0.25) is 0 Å². The summed E-state index contributed by atoms with van der Waals surface area (Å²) >= 11 is 0. The van der Waals surface area contributed by atoms with Crippen LogP contribution in [0.25, 0.3) is 0 Å². The Kier molecular flexibility index (Phi) is 3.86. The molecule has 0 radical (unpaired) electrons. The third-order valence-electron chi connectivity index (χ3n) is 6.22. The SMILES string of the molecule is COc1ccc(C(=O)COC(=O)C23CC4CC(CC(C4)C2)C3)cc1. The summed E-state index contributed by atoms with van der Waals surface area (Å²) in [6, 6.07) is 6.90. The van der Waals surface area contributed by atoms with Gasteiger partial charge >= 0.3 is 5.97 Å². The Balaban J connectivity index is 1.38. The van der Waals surface area contributed by atoms with Gasteiger partial charge in [0.1, 0.15) is 5.75 Å². The van der Waals surface area contributed by atoms with E-state index in [1.807, 2.05) is 0 Å². The van der Waals surface area contributed by atoms with E-state index in [0.29, 0.717) is 29.1 Å². The van der Waals surface area contributed by atoms with E-state index in [0.717, 1.165) is 19.3 Å². The molecule has 128 valence electrons. The van der Waals surface area contributed by atoms with Crippen LogP contribution in [0, 0.1) is 23.2 Å². The first-order valence-electron chi connectivity index (χ1n) is 8.92. The molecule has 4 heteroatoms. The Bertz CT molecular complexity index is 611. The average Bonchev–Trinajstić information content (AvgIpc) is 2.58. The fourth-order valence-corrected chi connectivity index (χ4v) is 5.51. The Labute approximate surface area is 142 Å². The maximum absolute atomic E-state index is 12.7. The second-order valence-corrected chi connectivity index (χ2v) is 7.93. The van der Waals surface area contributed by atoms with Crippen LogP contribution >= 0.6 is 0 Å². The number of esters is 1. The highest BCUT2D eigenvalue weighted by atomic mass is 16.5. The average molecular weight is 328 g/mol. The number of carbonyl (C=O) groups is 2. The molecule has 4 bridgehead atoms. The molecule has 0 saturated heterocycles. The summed E-state index contributed by atoms with van der Waals surface area (Å²) < 4.78 is 10.6. The van der Waals surface area contributed by atoms with E-state index in [1.54, 1.807) is 31.4 Å². The molecule has 4 saturated carbocycles. The van der Waals surface area contributed by atoms with Crippen molar-refractivity contribution >= 4 is 11.8 Å². The van der Waals surface area contributed by atoms with Gasteiger partial charge in [-0.05, 0) is 80.5 Å². The molecule has 0 aliphatic heterocycles. The number of ketones is 1. The molecule has 0 N–H and O–H groups in total. The zero-order valence-corrected chi connectivity index (χ0v) is 14.1. The summed E-state index contributed by atoms with van der Waals surface area (Å²) in [6.45, 7) is -0.160. The van der Waals surface area contributed by atoms with E-state index in [-0.39, 0.29) is 23.8 Å². The number of Topliss-reactive ketones (excluding diaryl/α,β-unsaturated/α-hetero) is 1. The quantitative estimate of drug-likeness (QED) is 0.612. The number of ether oxygens (including phenoxy) is 2. The van der Waals surface area contributed by atoms with Crippen molar-refractivity contribution in [3.8, 4) is 5.75 Å². The molecule has 4 nitrogen and oxygen atoms in total. The third kappa shape index (κ3) is 2.72. The molecule has 1 aromatic carbocycles. The Hall–Kier alpha value is -1.84. The van der Waals surface area contributed by atoms with Crippen molar-refractivity contribution in [3.05, 3.63) is 29.8 Å². The van der Waals surface area contributed by atoms with Gasteiger partial charge < -0.3 is 9.47 Å². The molecule has 0 unspecified atom stereocenters. The number of benzene rings is 1. The monoisotopic (exact) mass is 328 g/mol. The third-order valence-corrected chi connectivity index (χ3v) is 6.22. The Morgan fingerprint density at radius 3 is 2.04 bits per heavy atom. The number of rotatable bonds is 5. The summed E-state index contributed by atoms with van der Waals surface area (Å²) in [4.78, 5) is 25.0. The molecular weight excluding hydrogens is 304 g/mol. The molecule has 0 atom stereocenters. The first kappa shape index (κ1) is 15.7. The van der Waals surface area contributed by atoms with Gasteiger partial charge in [0.05, 0.1) is 12.5 Å². The lowest BCUT2D eigenvalue weighted by molar-refractivity contribution is -0.170. The molecule has 4 aliphatic rings. The summed E-state index contributed by atoms with van der Waals surface area (Å²) in [5.74, 6) is 2.50. The molecule has 0 heterocycles. The van der Waals surface area contributed by atoms with Gasteiger partial charge in [0, 0.05) is 5.56 Å². The summed E-state index contributed by atoms with van der Waals surface area (Å²) in [5, 5.41) is 0. The van der Waals surface area contributed by atoms with E-state index in [2.05, 4.69) is 0 Å². The highest BCUT2D eigenvalue weighted by Gasteiger charge is 2.55. The second kappa shape index (κ2) is 5.91. The van der Waals surface area contributed by atoms with Gasteiger partial charge in [-0.15, -0.1) is 0 Å². The zero-order chi connectivity index (χ0) is 16.7. The minimum absolute atomic E-state index is 0.136. The highest BCUT2D eigenvalue weighted by Crippen LogP contribution is 2.60. The number of hydrogen-bond donors (Lipinski definition) is 0. The predicted octanol–water partition coefficient (Wildman–Crippen LogP) is 3.64. The van der Waals surface area contributed by atoms with Crippen LogP contribution in [0.5, 0.6) is 5.75 Å². The molecule has 1 aromatic rings. The standard InChI is InChI=1S/C20H24O4/c1-23-17-4-2-16(3-5-17)18(21)12-24-19(22)20-9-13-6-14(10-20)8-15(7-13)11-20/h2-5,13-15H,6-12H2,1H3. The number of hydrogen-bond acceptors (Lipinski definition) is 4. The number of carbonyl (C=O) groups excluding carboxylic acids is 2. The fourth-order valence-electron chi connectivity index (χ4n) is 5.51. The molecule has 4 fully saturated rings. The minimum Gasteiger partial charge on any atom is -0.497 e. The molecule has 0 aromatic heterocycles. The molecule has 5 rings (SSSR count). The van der Waals surface area contributed by atoms with Crippen LogP contribution in [0.15, 0.2) is 24.3 Å². The van der Waals surface area contributed by atoms with Gasteiger partial charge in [0.25, 0.3) is 0 Å². The molecule has 4 aliphatic carbocycles. The summed E-state index contributed by atoms with van der Waals surface area (Å²) in [6.07, 6.45) is 6.77. The van der Waals surface area contributed by atoms with Crippen molar-refractivity contribution in [2.75, 3.05) is 13.7 Å². The van der Waals surface area contributed by atoms with Crippen molar-refractivity contribution in [1.29, 1.82) is 0 Å². The van der Waals surface area contributed by atoms with Gasteiger partial charge in [-0.25, -0.2) is 0 Å². The van der Waals surface area contributed by atoms with Gasteiger partial charge in [-0.1, -0.05) is 0 Å².